The molecule has 146 valence electrons. The molecule has 1 fully saturated rings. The number of rotatable bonds is 6. The van der Waals surface area contributed by atoms with Crippen molar-refractivity contribution in [2.75, 3.05) is 44.8 Å². The summed E-state index contributed by atoms with van der Waals surface area (Å²) >= 11 is 0. The number of benzene rings is 1. The van der Waals surface area contributed by atoms with Crippen LogP contribution < -0.4 is 15.5 Å². The average Bonchev–Trinajstić information content (AvgIpc) is 2.72. The second-order valence-electron chi connectivity index (χ2n) is 6.19. The molecule has 1 saturated heterocycles. The van der Waals surface area contributed by atoms with Crippen molar-refractivity contribution >= 4 is 35.6 Å². The fraction of sp³-hybridized carbons (Fsp3) is 0.400. The number of aromatic nitrogens is 1. The molecule has 1 aromatic heterocycles. The van der Waals surface area contributed by atoms with Crippen LogP contribution >= 0.6 is 24.0 Å². The van der Waals surface area contributed by atoms with E-state index in [1.165, 1.54) is 11.3 Å². The highest BCUT2D eigenvalue weighted by atomic mass is 127. The van der Waals surface area contributed by atoms with Crippen molar-refractivity contribution in [1.29, 1.82) is 0 Å². The lowest BCUT2D eigenvalue weighted by Gasteiger charge is -2.28. The molecule has 0 bridgehead atoms. The van der Waals surface area contributed by atoms with E-state index in [9.17, 15) is 0 Å². The first-order chi connectivity index (χ1) is 12.8. The third kappa shape index (κ3) is 6.99. The van der Waals surface area contributed by atoms with E-state index in [-0.39, 0.29) is 24.0 Å². The molecule has 2 heterocycles. The molecule has 27 heavy (non-hydrogen) atoms. The van der Waals surface area contributed by atoms with Crippen molar-refractivity contribution in [3.8, 4) is 0 Å². The Morgan fingerprint density at radius 3 is 2.56 bits per heavy atom. The minimum Gasteiger partial charge on any atom is -0.378 e. The maximum atomic E-state index is 5.41. The van der Waals surface area contributed by atoms with Gasteiger partial charge in [-0.2, -0.15) is 0 Å². The molecule has 0 amide bonds. The van der Waals surface area contributed by atoms with Gasteiger partial charge in [0, 0.05) is 57.2 Å². The van der Waals surface area contributed by atoms with E-state index in [0.717, 1.165) is 57.5 Å². The molecular weight excluding hydrogens is 453 g/mol. The van der Waals surface area contributed by atoms with Crippen molar-refractivity contribution in [3.63, 3.8) is 0 Å². The lowest BCUT2D eigenvalue weighted by Crippen LogP contribution is -2.38. The van der Waals surface area contributed by atoms with Gasteiger partial charge in [-0.3, -0.25) is 9.98 Å². The lowest BCUT2D eigenvalue weighted by atomic mass is 10.2. The molecule has 0 aliphatic carbocycles. The first kappa shape index (κ1) is 21.4. The molecule has 0 saturated carbocycles. The van der Waals surface area contributed by atoms with Crippen LogP contribution in [0.15, 0.2) is 53.7 Å². The fourth-order valence-electron chi connectivity index (χ4n) is 2.91. The first-order valence-electron chi connectivity index (χ1n) is 9.11. The fourth-order valence-corrected chi connectivity index (χ4v) is 2.91. The molecule has 2 N–H and O–H groups in total. The molecular formula is C20H28IN5O. The Bertz CT molecular complexity index is 687. The number of ether oxygens (including phenoxy) is 1. The summed E-state index contributed by atoms with van der Waals surface area (Å²) in [4.78, 5) is 11.0. The monoisotopic (exact) mass is 481 g/mol. The van der Waals surface area contributed by atoms with E-state index < -0.39 is 0 Å². The Morgan fingerprint density at radius 2 is 1.89 bits per heavy atom. The number of hydrogen-bond donors (Lipinski definition) is 2. The maximum absolute atomic E-state index is 5.41. The quantitative estimate of drug-likeness (QED) is 0.377. The van der Waals surface area contributed by atoms with Crippen molar-refractivity contribution in [3.05, 3.63) is 59.9 Å². The summed E-state index contributed by atoms with van der Waals surface area (Å²) in [6.45, 7) is 5.09. The number of aliphatic imine (C=N–C) groups is 1. The van der Waals surface area contributed by atoms with Gasteiger partial charge in [0.15, 0.2) is 5.96 Å². The summed E-state index contributed by atoms with van der Waals surface area (Å²) in [5.74, 6) is 0.804. The van der Waals surface area contributed by atoms with E-state index in [4.69, 9.17) is 4.74 Å². The highest BCUT2D eigenvalue weighted by molar-refractivity contribution is 14.0. The highest BCUT2D eigenvalue weighted by Gasteiger charge is 2.10. The van der Waals surface area contributed by atoms with Crippen LogP contribution in [-0.4, -0.2) is 50.8 Å². The van der Waals surface area contributed by atoms with Gasteiger partial charge in [0.05, 0.1) is 13.2 Å². The maximum Gasteiger partial charge on any atom is 0.191 e. The van der Waals surface area contributed by atoms with Crippen LogP contribution in [0, 0.1) is 0 Å². The predicted octanol–water partition coefficient (Wildman–Crippen LogP) is 2.44. The second-order valence-corrected chi connectivity index (χ2v) is 6.19. The van der Waals surface area contributed by atoms with Crippen molar-refractivity contribution in [2.45, 2.75) is 13.0 Å². The second kappa shape index (κ2) is 11.8. The van der Waals surface area contributed by atoms with Gasteiger partial charge < -0.3 is 20.3 Å². The van der Waals surface area contributed by atoms with Gasteiger partial charge in [0.2, 0.25) is 0 Å². The summed E-state index contributed by atoms with van der Waals surface area (Å²) < 4.78 is 5.41. The topological polar surface area (TPSA) is 61.8 Å². The summed E-state index contributed by atoms with van der Waals surface area (Å²) in [5.41, 5.74) is 3.57. The van der Waals surface area contributed by atoms with Gasteiger partial charge >= 0.3 is 0 Å². The number of halogens is 1. The molecule has 0 radical (unpaired) electrons. The van der Waals surface area contributed by atoms with E-state index >= 15 is 0 Å². The highest BCUT2D eigenvalue weighted by Crippen LogP contribution is 2.16. The molecule has 7 heteroatoms. The first-order valence-corrected chi connectivity index (χ1v) is 9.11. The van der Waals surface area contributed by atoms with Crippen LogP contribution in [0.2, 0.25) is 0 Å². The molecule has 0 atom stereocenters. The third-order valence-electron chi connectivity index (χ3n) is 4.40. The summed E-state index contributed by atoms with van der Waals surface area (Å²) in [6, 6.07) is 14.7. The largest absolute Gasteiger partial charge is 0.378 e. The number of pyridine rings is 1. The summed E-state index contributed by atoms with van der Waals surface area (Å²) in [5, 5.41) is 6.68. The van der Waals surface area contributed by atoms with Crippen molar-refractivity contribution < 1.29 is 4.74 Å². The van der Waals surface area contributed by atoms with Crippen LogP contribution in [0.5, 0.6) is 0 Å². The van der Waals surface area contributed by atoms with Crippen molar-refractivity contribution in [1.82, 2.24) is 15.6 Å². The van der Waals surface area contributed by atoms with Gasteiger partial charge in [-0.05, 0) is 29.8 Å². The predicted molar refractivity (Wildman–Crippen MR) is 121 cm³/mol. The van der Waals surface area contributed by atoms with Gasteiger partial charge in [0.25, 0.3) is 0 Å². The number of hydrogen-bond acceptors (Lipinski definition) is 4. The Kier molecular flexibility index (Phi) is 9.34. The minimum atomic E-state index is 0. The number of nitrogens with zero attached hydrogens (tertiary/aromatic N) is 3. The summed E-state index contributed by atoms with van der Waals surface area (Å²) in [7, 11) is 1.79. The minimum absolute atomic E-state index is 0. The Hall–Kier alpha value is -1.87. The van der Waals surface area contributed by atoms with Crippen LogP contribution in [-0.2, 0) is 17.7 Å². The van der Waals surface area contributed by atoms with E-state index in [0.29, 0.717) is 0 Å². The van der Waals surface area contributed by atoms with E-state index in [1.54, 1.807) is 7.05 Å². The summed E-state index contributed by atoms with van der Waals surface area (Å²) in [6.07, 6.45) is 2.69. The smallest absolute Gasteiger partial charge is 0.191 e. The molecule has 1 aromatic carbocycles. The molecule has 1 aliphatic heterocycles. The van der Waals surface area contributed by atoms with Crippen LogP contribution in [0.3, 0.4) is 0 Å². The molecule has 2 aromatic rings. The number of nitrogens with one attached hydrogen (secondary N) is 2. The molecule has 0 unspecified atom stereocenters. The SMILES string of the molecule is CN=C(NCCc1ccccn1)NCc1ccc(N2CCOCC2)cc1.I. The third-order valence-corrected chi connectivity index (χ3v) is 4.40. The molecule has 6 nitrogen and oxygen atoms in total. The van der Waals surface area contributed by atoms with Gasteiger partial charge in [0.1, 0.15) is 0 Å². The van der Waals surface area contributed by atoms with Crippen LogP contribution in [0.1, 0.15) is 11.3 Å². The zero-order valence-corrected chi connectivity index (χ0v) is 18.1. The Labute approximate surface area is 178 Å². The number of guanidine groups is 1. The van der Waals surface area contributed by atoms with Gasteiger partial charge in [-0.1, -0.05) is 18.2 Å². The van der Waals surface area contributed by atoms with Crippen molar-refractivity contribution in [2.24, 2.45) is 4.99 Å². The Balaban J connectivity index is 0.00000261. The lowest BCUT2D eigenvalue weighted by molar-refractivity contribution is 0.122. The molecule has 0 spiro atoms. The zero-order valence-electron chi connectivity index (χ0n) is 15.7. The zero-order chi connectivity index (χ0) is 18.0. The average molecular weight is 481 g/mol. The normalized spacial score (nSPS) is 14.4. The number of morpholine rings is 1. The standard InChI is InChI=1S/C20H27N5O.HI/c1-21-20(23-11-9-18-4-2-3-10-22-18)24-16-17-5-7-19(8-6-17)25-12-14-26-15-13-25;/h2-8,10H,9,11-16H2,1H3,(H2,21,23,24);1H. The van der Waals surface area contributed by atoms with E-state index in [1.807, 2.05) is 24.4 Å². The van der Waals surface area contributed by atoms with E-state index in [2.05, 4.69) is 49.8 Å². The van der Waals surface area contributed by atoms with Gasteiger partial charge in [-0.15, -0.1) is 24.0 Å². The van der Waals surface area contributed by atoms with Crippen LogP contribution in [0.25, 0.3) is 0 Å². The van der Waals surface area contributed by atoms with Gasteiger partial charge in [-0.25, -0.2) is 0 Å². The molecule has 3 rings (SSSR count). The Morgan fingerprint density at radius 1 is 1.11 bits per heavy atom. The molecule has 1 aliphatic rings. The van der Waals surface area contributed by atoms with Crippen LogP contribution in [0.4, 0.5) is 5.69 Å². The number of anilines is 1.